The molecule has 0 amide bonds. The van der Waals surface area contributed by atoms with Gasteiger partial charge in [0, 0.05) is 0 Å². The Morgan fingerprint density at radius 3 is 1.96 bits per heavy atom. The fourth-order valence-electron chi connectivity index (χ4n) is 2.31. The Morgan fingerprint density at radius 1 is 0.923 bits per heavy atom. The van der Waals surface area contributed by atoms with Crippen molar-refractivity contribution in [3.05, 3.63) is 29.3 Å². The first-order valence-corrected chi connectivity index (χ1v) is 10.2. The fraction of sp³-hybridized carbons (Fsp3) is 0.556. The summed E-state index contributed by atoms with van der Waals surface area (Å²) in [5.41, 5.74) is -0.732. The maximum absolute atomic E-state index is 12.4. The van der Waals surface area contributed by atoms with Gasteiger partial charge >= 0.3 is 11.9 Å². The quantitative estimate of drug-likeness (QED) is 0.351. The topological polar surface area (TPSA) is 107 Å². The van der Waals surface area contributed by atoms with Crippen LogP contribution in [-0.2, 0) is 19.6 Å². The lowest BCUT2D eigenvalue weighted by Gasteiger charge is -2.12. The molecule has 0 spiro atoms. The van der Waals surface area contributed by atoms with E-state index >= 15 is 0 Å². The molecule has 26 heavy (non-hydrogen) atoms. The highest BCUT2D eigenvalue weighted by Crippen LogP contribution is 2.22. The van der Waals surface area contributed by atoms with Crippen molar-refractivity contribution in [1.29, 1.82) is 0 Å². The SMILES string of the molecule is CCCCCOC(=O)c1cccc(S(=O)(=O)O)c1C(=O)OCCCCC. The average Bonchev–Trinajstić information content (AvgIpc) is 2.60. The number of hydrogen-bond donors (Lipinski definition) is 1. The number of rotatable bonds is 11. The summed E-state index contributed by atoms with van der Waals surface area (Å²) < 4.78 is 42.8. The molecule has 0 aliphatic carbocycles. The van der Waals surface area contributed by atoms with E-state index in [9.17, 15) is 22.6 Å². The standard InChI is InChI=1S/C18H26O7S/c1-3-5-7-12-24-17(19)14-10-9-11-15(26(21,22)23)16(14)18(20)25-13-8-6-4-2/h9-11H,3-8,12-13H2,1-2H3,(H,21,22,23). The number of esters is 2. The molecule has 0 heterocycles. The van der Waals surface area contributed by atoms with Crippen molar-refractivity contribution in [2.75, 3.05) is 13.2 Å². The number of carbonyl (C=O) groups is 2. The highest BCUT2D eigenvalue weighted by Gasteiger charge is 2.28. The molecule has 1 aromatic carbocycles. The summed E-state index contributed by atoms with van der Waals surface area (Å²) in [4.78, 5) is 24.0. The molecule has 0 aliphatic rings. The second-order valence-electron chi connectivity index (χ2n) is 5.84. The molecule has 0 saturated heterocycles. The minimum atomic E-state index is -4.71. The van der Waals surface area contributed by atoms with Crippen LogP contribution in [0.5, 0.6) is 0 Å². The van der Waals surface area contributed by atoms with Gasteiger partial charge in [-0.1, -0.05) is 45.6 Å². The lowest BCUT2D eigenvalue weighted by Crippen LogP contribution is -2.19. The van der Waals surface area contributed by atoms with Crippen LogP contribution >= 0.6 is 0 Å². The molecule has 8 heteroatoms. The molecule has 0 bridgehead atoms. The van der Waals surface area contributed by atoms with E-state index in [1.807, 2.05) is 13.8 Å². The average molecular weight is 386 g/mol. The maximum atomic E-state index is 12.4. The molecule has 146 valence electrons. The minimum Gasteiger partial charge on any atom is -0.462 e. The van der Waals surface area contributed by atoms with Crippen molar-refractivity contribution in [3.63, 3.8) is 0 Å². The summed E-state index contributed by atoms with van der Waals surface area (Å²) in [6.07, 6.45) is 4.88. The van der Waals surface area contributed by atoms with E-state index in [0.717, 1.165) is 31.7 Å². The third kappa shape index (κ3) is 6.76. The fourth-order valence-corrected chi connectivity index (χ4v) is 3.01. The van der Waals surface area contributed by atoms with Crippen LogP contribution in [-0.4, -0.2) is 38.1 Å². The van der Waals surface area contributed by atoms with Gasteiger partial charge in [0.25, 0.3) is 10.1 Å². The largest absolute Gasteiger partial charge is 0.462 e. The highest BCUT2D eigenvalue weighted by molar-refractivity contribution is 7.86. The van der Waals surface area contributed by atoms with E-state index in [4.69, 9.17) is 9.47 Å². The van der Waals surface area contributed by atoms with Crippen LogP contribution in [0, 0.1) is 0 Å². The van der Waals surface area contributed by atoms with Crippen LogP contribution < -0.4 is 0 Å². The number of hydrogen-bond acceptors (Lipinski definition) is 6. The second-order valence-corrected chi connectivity index (χ2v) is 7.23. The van der Waals surface area contributed by atoms with Crippen LogP contribution in [0.2, 0.25) is 0 Å². The minimum absolute atomic E-state index is 0.0947. The second kappa shape index (κ2) is 10.9. The van der Waals surface area contributed by atoms with Gasteiger partial charge in [-0.15, -0.1) is 0 Å². The Balaban J connectivity index is 3.09. The van der Waals surface area contributed by atoms with Gasteiger partial charge in [0.1, 0.15) is 4.90 Å². The lowest BCUT2D eigenvalue weighted by molar-refractivity contribution is 0.0447. The van der Waals surface area contributed by atoms with Gasteiger partial charge in [-0.25, -0.2) is 9.59 Å². The van der Waals surface area contributed by atoms with E-state index < -0.39 is 32.5 Å². The summed E-state index contributed by atoms with van der Waals surface area (Å²) in [6.45, 7) is 4.25. The van der Waals surface area contributed by atoms with Gasteiger partial charge in [0.2, 0.25) is 0 Å². The zero-order valence-corrected chi connectivity index (χ0v) is 16.0. The van der Waals surface area contributed by atoms with Crippen molar-refractivity contribution in [2.24, 2.45) is 0 Å². The van der Waals surface area contributed by atoms with E-state index in [1.165, 1.54) is 12.1 Å². The van der Waals surface area contributed by atoms with Crippen molar-refractivity contribution in [1.82, 2.24) is 0 Å². The molecule has 0 fully saturated rings. The third-order valence-electron chi connectivity index (χ3n) is 3.69. The van der Waals surface area contributed by atoms with Crippen LogP contribution in [0.4, 0.5) is 0 Å². The smallest absolute Gasteiger partial charge is 0.340 e. The molecule has 1 rings (SSSR count). The maximum Gasteiger partial charge on any atom is 0.340 e. The first-order chi connectivity index (χ1) is 12.3. The number of benzene rings is 1. The van der Waals surface area contributed by atoms with Crippen molar-refractivity contribution < 1.29 is 32.0 Å². The summed E-state index contributed by atoms with van der Waals surface area (Å²) in [5.74, 6) is -1.80. The van der Waals surface area contributed by atoms with E-state index in [0.29, 0.717) is 12.8 Å². The van der Waals surface area contributed by atoms with Gasteiger partial charge in [-0.3, -0.25) is 4.55 Å². The monoisotopic (exact) mass is 386 g/mol. The van der Waals surface area contributed by atoms with Gasteiger partial charge in [0.15, 0.2) is 0 Å². The molecule has 0 saturated carbocycles. The van der Waals surface area contributed by atoms with Gasteiger partial charge < -0.3 is 9.47 Å². The van der Waals surface area contributed by atoms with E-state index in [2.05, 4.69) is 0 Å². The Bertz CT molecular complexity index is 710. The zero-order valence-electron chi connectivity index (χ0n) is 15.2. The molecule has 0 unspecified atom stereocenters. The Kier molecular flexibility index (Phi) is 9.29. The van der Waals surface area contributed by atoms with Gasteiger partial charge in [-0.2, -0.15) is 8.42 Å². The van der Waals surface area contributed by atoms with Gasteiger partial charge in [0.05, 0.1) is 24.3 Å². The molecular formula is C18H26O7S. The van der Waals surface area contributed by atoms with E-state index in [1.54, 1.807) is 0 Å². The predicted molar refractivity (Wildman–Crippen MR) is 95.9 cm³/mol. The Hall–Kier alpha value is -1.93. The Labute approximate surface area is 154 Å². The molecule has 1 aromatic rings. The summed E-state index contributed by atoms with van der Waals surface area (Å²) in [5, 5.41) is 0. The molecule has 7 nitrogen and oxygen atoms in total. The molecular weight excluding hydrogens is 360 g/mol. The number of unbranched alkanes of at least 4 members (excludes halogenated alkanes) is 4. The van der Waals surface area contributed by atoms with Crippen molar-refractivity contribution in [2.45, 2.75) is 57.3 Å². The van der Waals surface area contributed by atoms with Crippen molar-refractivity contribution in [3.8, 4) is 0 Å². The molecule has 0 aromatic heterocycles. The predicted octanol–water partition coefficient (Wildman–Crippen LogP) is 3.63. The number of ether oxygens (including phenoxy) is 2. The summed E-state index contributed by atoms with van der Waals surface area (Å²) in [7, 11) is -4.71. The normalized spacial score (nSPS) is 11.2. The third-order valence-corrected chi connectivity index (χ3v) is 4.59. The summed E-state index contributed by atoms with van der Waals surface area (Å²) >= 11 is 0. The van der Waals surface area contributed by atoms with Crippen LogP contribution in [0.1, 0.15) is 73.1 Å². The lowest BCUT2D eigenvalue weighted by atomic mass is 10.1. The summed E-state index contributed by atoms with van der Waals surface area (Å²) in [6, 6.07) is 3.59. The zero-order chi connectivity index (χ0) is 19.6. The molecule has 0 atom stereocenters. The van der Waals surface area contributed by atoms with Crippen LogP contribution in [0.25, 0.3) is 0 Å². The van der Waals surface area contributed by atoms with Crippen LogP contribution in [0.3, 0.4) is 0 Å². The molecule has 0 aliphatic heterocycles. The van der Waals surface area contributed by atoms with Crippen molar-refractivity contribution >= 4 is 22.1 Å². The van der Waals surface area contributed by atoms with Crippen LogP contribution in [0.15, 0.2) is 23.1 Å². The Morgan fingerprint density at radius 2 is 1.46 bits per heavy atom. The molecule has 0 radical (unpaired) electrons. The first kappa shape index (κ1) is 22.1. The molecule has 1 N–H and O–H groups in total. The van der Waals surface area contributed by atoms with E-state index in [-0.39, 0.29) is 18.8 Å². The van der Waals surface area contributed by atoms with Gasteiger partial charge in [-0.05, 0) is 25.0 Å². The highest BCUT2D eigenvalue weighted by atomic mass is 32.2. The number of carbonyl (C=O) groups excluding carboxylic acids is 2. The first-order valence-electron chi connectivity index (χ1n) is 8.77.